The first kappa shape index (κ1) is 17.3. The molecule has 1 atom stereocenters. The number of urea groups is 1. The Morgan fingerprint density at radius 1 is 1.29 bits per heavy atom. The van der Waals surface area contributed by atoms with E-state index in [0.717, 1.165) is 0 Å². The summed E-state index contributed by atoms with van der Waals surface area (Å²) in [5.74, 6) is -0.649. The number of carbonyl (C=O) groups excluding carboxylic acids is 2. The molecule has 1 aliphatic rings. The van der Waals surface area contributed by atoms with Gasteiger partial charge in [0.25, 0.3) is 0 Å². The number of likely N-dealkylation sites (tertiary alicyclic amines) is 1. The van der Waals surface area contributed by atoms with Crippen molar-refractivity contribution in [2.75, 3.05) is 26.7 Å². The molecule has 7 nitrogen and oxygen atoms in total. The van der Waals surface area contributed by atoms with E-state index in [0.29, 0.717) is 38.9 Å². The van der Waals surface area contributed by atoms with Crippen LogP contribution in [0.15, 0.2) is 0 Å². The van der Waals surface area contributed by atoms with Gasteiger partial charge in [0.1, 0.15) is 0 Å². The molecule has 1 unspecified atom stereocenters. The molecule has 21 heavy (non-hydrogen) atoms. The van der Waals surface area contributed by atoms with Gasteiger partial charge in [0.15, 0.2) is 0 Å². The number of rotatable bonds is 6. The summed E-state index contributed by atoms with van der Waals surface area (Å²) in [4.78, 5) is 35.7. The molecule has 1 fully saturated rings. The average molecular weight is 299 g/mol. The number of carbonyl (C=O) groups is 3. The molecule has 1 rings (SSSR count). The summed E-state index contributed by atoms with van der Waals surface area (Å²) in [7, 11) is 1.62. The average Bonchev–Trinajstić information content (AvgIpc) is 2.49. The van der Waals surface area contributed by atoms with Gasteiger partial charge in [-0.1, -0.05) is 6.92 Å². The number of amides is 3. The van der Waals surface area contributed by atoms with Gasteiger partial charge in [-0.05, 0) is 25.2 Å². The Morgan fingerprint density at radius 3 is 2.43 bits per heavy atom. The van der Waals surface area contributed by atoms with Gasteiger partial charge >= 0.3 is 12.0 Å². The van der Waals surface area contributed by atoms with Crippen molar-refractivity contribution >= 4 is 17.9 Å². The molecule has 1 saturated heterocycles. The lowest BCUT2D eigenvalue weighted by Crippen LogP contribution is -2.47. The van der Waals surface area contributed by atoms with E-state index in [1.165, 1.54) is 0 Å². The number of aliphatic carboxylic acids is 1. The first-order chi connectivity index (χ1) is 9.93. The van der Waals surface area contributed by atoms with Gasteiger partial charge < -0.3 is 20.6 Å². The van der Waals surface area contributed by atoms with Crippen LogP contribution in [0, 0.1) is 11.8 Å². The molecule has 0 bridgehead atoms. The molecule has 1 aliphatic heterocycles. The molecule has 3 N–H and O–H groups in total. The predicted octanol–water partition coefficient (Wildman–Crippen LogP) is 0.655. The second-order valence-electron chi connectivity index (χ2n) is 5.60. The fraction of sp³-hybridized carbons (Fsp3) is 0.786. The first-order valence-electron chi connectivity index (χ1n) is 7.40. The molecular formula is C14H25N3O4. The molecule has 1 heterocycles. The van der Waals surface area contributed by atoms with E-state index < -0.39 is 5.97 Å². The molecule has 0 aromatic heterocycles. The van der Waals surface area contributed by atoms with E-state index >= 15 is 0 Å². The van der Waals surface area contributed by atoms with Crippen LogP contribution in [0.2, 0.25) is 0 Å². The highest BCUT2D eigenvalue weighted by atomic mass is 16.4. The summed E-state index contributed by atoms with van der Waals surface area (Å²) < 4.78 is 0. The molecule has 0 aromatic rings. The summed E-state index contributed by atoms with van der Waals surface area (Å²) in [6.45, 7) is 3.55. The Hall–Kier alpha value is -1.79. The lowest BCUT2D eigenvalue weighted by molar-refractivity contribution is -0.137. The quantitative estimate of drug-likeness (QED) is 0.671. The minimum atomic E-state index is -0.815. The third-order valence-electron chi connectivity index (χ3n) is 3.85. The number of nitrogens with one attached hydrogen (secondary N) is 2. The van der Waals surface area contributed by atoms with E-state index in [4.69, 9.17) is 5.11 Å². The van der Waals surface area contributed by atoms with Crippen LogP contribution in [0.1, 0.15) is 32.6 Å². The predicted molar refractivity (Wildman–Crippen MR) is 77.8 cm³/mol. The fourth-order valence-corrected chi connectivity index (χ4v) is 2.39. The van der Waals surface area contributed by atoms with E-state index in [2.05, 4.69) is 10.6 Å². The maximum atomic E-state index is 12.0. The minimum absolute atomic E-state index is 0.00598. The third kappa shape index (κ3) is 6.01. The Balaban J connectivity index is 2.25. The molecule has 3 amide bonds. The largest absolute Gasteiger partial charge is 0.481 e. The van der Waals surface area contributed by atoms with Crippen molar-refractivity contribution in [2.45, 2.75) is 32.6 Å². The van der Waals surface area contributed by atoms with Gasteiger partial charge in [0, 0.05) is 39.0 Å². The van der Waals surface area contributed by atoms with Gasteiger partial charge in [0.2, 0.25) is 5.91 Å². The minimum Gasteiger partial charge on any atom is -0.481 e. The van der Waals surface area contributed by atoms with Crippen molar-refractivity contribution in [2.24, 2.45) is 11.8 Å². The smallest absolute Gasteiger partial charge is 0.317 e. The molecule has 0 aromatic carbocycles. The summed E-state index contributed by atoms with van der Waals surface area (Å²) in [6, 6.07) is -0.132. The zero-order chi connectivity index (χ0) is 15.8. The molecular weight excluding hydrogens is 274 g/mol. The highest BCUT2D eigenvalue weighted by Gasteiger charge is 2.26. The van der Waals surface area contributed by atoms with Gasteiger partial charge in [0.05, 0.1) is 0 Å². The summed E-state index contributed by atoms with van der Waals surface area (Å²) >= 11 is 0. The van der Waals surface area contributed by atoms with Crippen LogP contribution in [0.3, 0.4) is 0 Å². The number of piperidine rings is 1. The van der Waals surface area contributed by atoms with Crippen molar-refractivity contribution in [1.82, 2.24) is 15.5 Å². The fourth-order valence-electron chi connectivity index (χ4n) is 2.39. The Kier molecular flexibility index (Phi) is 6.98. The van der Waals surface area contributed by atoms with E-state index in [9.17, 15) is 14.4 Å². The summed E-state index contributed by atoms with van der Waals surface area (Å²) in [5.41, 5.74) is 0. The van der Waals surface area contributed by atoms with Gasteiger partial charge in [-0.15, -0.1) is 0 Å². The Labute approximate surface area is 125 Å². The van der Waals surface area contributed by atoms with Crippen molar-refractivity contribution in [1.29, 1.82) is 0 Å². The molecule has 0 aliphatic carbocycles. The lowest BCUT2D eigenvalue weighted by Gasteiger charge is -2.31. The monoisotopic (exact) mass is 299 g/mol. The van der Waals surface area contributed by atoms with Crippen LogP contribution in [-0.2, 0) is 9.59 Å². The standard InChI is InChI=1S/C14H25N3O4/c1-10(3-4-12(18)19)9-16-14(21)17-7-5-11(6-8-17)13(20)15-2/h10-11H,3-9H2,1-2H3,(H,15,20)(H,16,21)(H,18,19). The Morgan fingerprint density at radius 2 is 1.90 bits per heavy atom. The van der Waals surface area contributed by atoms with Crippen LogP contribution in [0.5, 0.6) is 0 Å². The number of hydrogen-bond donors (Lipinski definition) is 3. The molecule has 0 spiro atoms. The van der Waals surface area contributed by atoms with E-state index in [1.54, 1.807) is 11.9 Å². The number of nitrogens with zero attached hydrogens (tertiary/aromatic N) is 1. The first-order valence-corrected chi connectivity index (χ1v) is 7.40. The molecule has 0 radical (unpaired) electrons. The van der Waals surface area contributed by atoms with Gasteiger partial charge in [-0.25, -0.2) is 4.79 Å². The summed E-state index contributed by atoms with van der Waals surface area (Å²) in [6.07, 6.45) is 2.03. The highest BCUT2D eigenvalue weighted by Crippen LogP contribution is 2.17. The number of carboxylic acids is 1. The summed E-state index contributed by atoms with van der Waals surface area (Å²) in [5, 5.41) is 14.1. The van der Waals surface area contributed by atoms with Crippen molar-refractivity contribution < 1.29 is 19.5 Å². The number of hydrogen-bond acceptors (Lipinski definition) is 3. The lowest BCUT2D eigenvalue weighted by atomic mass is 9.96. The number of carboxylic acid groups (broad SMARTS) is 1. The molecule has 120 valence electrons. The van der Waals surface area contributed by atoms with Gasteiger partial charge in [-0.3, -0.25) is 9.59 Å². The zero-order valence-corrected chi connectivity index (χ0v) is 12.7. The molecule has 7 heteroatoms. The van der Waals surface area contributed by atoms with Crippen LogP contribution in [-0.4, -0.2) is 54.6 Å². The SMILES string of the molecule is CNC(=O)C1CCN(C(=O)NCC(C)CCC(=O)O)CC1. The van der Waals surface area contributed by atoms with E-state index in [-0.39, 0.29) is 30.2 Å². The van der Waals surface area contributed by atoms with E-state index in [1.807, 2.05) is 6.92 Å². The second kappa shape index (κ2) is 8.49. The zero-order valence-electron chi connectivity index (χ0n) is 12.7. The Bertz CT molecular complexity index is 378. The molecule has 0 saturated carbocycles. The van der Waals surface area contributed by atoms with Crippen LogP contribution < -0.4 is 10.6 Å². The van der Waals surface area contributed by atoms with Crippen LogP contribution in [0.4, 0.5) is 4.79 Å². The highest BCUT2D eigenvalue weighted by molar-refractivity contribution is 5.79. The topological polar surface area (TPSA) is 98.7 Å². The van der Waals surface area contributed by atoms with Crippen LogP contribution in [0.25, 0.3) is 0 Å². The van der Waals surface area contributed by atoms with Crippen molar-refractivity contribution in [3.05, 3.63) is 0 Å². The second-order valence-corrected chi connectivity index (χ2v) is 5.60. The normalized spacial score (nSPS) is 17.1. The van der Waals surface area contributed by atoms with Crippen LogP contribution >= 0.6 is 0 Å². The van der Waals surface area contributed by atoms with Crippen molar-refractivity contribution in [3.8, 4) is 0 Å². The maximum Gasteiger partial charge on any atom is 0.317 e. The van der Waals surface area contributed by atoms with Gasteiger partial charge in [-0.2, -0.15) is 0 Å². The van der Waals surface area contributed by atoms with Crippen molar-refractivity contribution in [3.63, 3.8) is 0 Å². The third-order valence-corrected chi connectivity index (χ3v) is 3.85. The maximum absolute atomic E-state index is 12.0.